The van der Waals surface area contributed by atoms with E-state index in [1.807, 2.05) is 0 Å². The minimum absolute atomic E-state index is 1.21. The van der Waals surface area contributed by atoms with Gasteiger partial charge in [0.15, 0.2) is 0 Å². The first kappa shape index (κ1) is 31.7. The van der Waals surface area contributed by atoms with Crippen LogP contribution in [-0.4, -0.2) is 0 Å². The fourth-order valence-electron chi connectivity index (χ4n) is 8.33. The van der Waals surface area contributed by atoms with Gasteiger partial charge in [-0.1, -0.05) is 206 Å². The molecular weight excluding hydrogens is 649 g/mol. The summed E-state index contributed by atoms with van der Waals surface area (Å²) in [5.74, 6) is 0. The van der Waals surface area contributed by atoms with Crippen molar-refractivity contribution in [3.63, 3.8) is 0 Å². The highest BCUT2D eigenvalue weighted by Crippen LogP contribution is 2.46. The van der Waals surface area contributed by atoms with Crippen LogP contribution in [0.1, 0.15) is 0 Å². The summed E-state index contributed by atoms with van der Waals surface area (Å²) in [4.78, 5) is 0. The van der Waals surface area contributed by atoms with Gasteiger partial charge in [0.1, 0.15) is 0 Å². The van der Waals surface area contributed by atoms with E-state index >= 15 is 0 Å². The average Bonchev–Trinajstić information content (AvgIpc) is 3.26. The molecule has 0 radical (unpaired) electrons. The van der Waals surface area contributed by atoms with Crippen LogP contribution in [0.5, 0.6) is 0 Å². The first-order valence-corrected chi connectivity index (χ1v) is 18.7. The summed E-state index contributed by atoms with van der Waals surface area (Å²) in [6.45, 7) is 0. The summed E-state index contributed by atoms with van der Waals surface area (Å²) in [5, 5.41) is 7.52. The van der Waals surface area contributed by atoms with Gasteiger partial charge in [-0.05, 0) is 111 Å². The second-order valence-electron chi connectivity index (χ2n) is 14.0. The lowest BCUT2D eigenvalue weighted by molar-refractivity contribution is 1.57. The van der Waals surface area contributed by atoms with Crippen LogP contribution in [0.15, 0.2) is 218 Å². The highest BCUT2D eigenvalue weighted by molar-refractivity contribution is 6.23. The molecule has 0 N–H and O–H groups in total. The van der Waals surface area contributed by atoms with Gasteiger partial charge in [-0.3, -0.25) is 0 Å². The Morgan fingerprint density at radius 3 is 0.833 bits per heavy atom. The number of benzene rings is 10. The van der Waals surface area contributed by atoms with Crippen molar-refractivity contribution in [2.45, 2.75) is 0 Å². The fraction of sp³-hybridized carbons (Fsp3) is 0. The normalized spacial score (nSPS) is 11.3. The number of rotatable bonds is 6. The van der Waals surface area contributed by atoms with E-state index in [0.717, 1.165) is 0 Å². The van der Waals surface area contributed by atoms with E-state index in [4.69, 9.17) is 0 Å². The summed E-state index contributed by atoms with van der Waals surface area (Å²) in [6.07, 6.45) is 0. The van der Waals surface area contributed by atoms with Gasteiger partial charge in [0.05, 0.1) is 0 Å². The average molecular weight is 685 g/mol. The summed E-state index contributed by atoms with van der Waals surface area (Å²) >= 11 is 0. The van der Waals surface area contributed by atoms with Gasteiger partial charge < -0.3 is 0 Å². The molecule has 54 heavy (non-hydrogen) atoms. The van der Waals surface area contributed by atoms with Crippen LogP contribution < -0.4 is 0 Å². The third-order valence-corrected chi connectivity index (χ3v) is 10.9. The maximum atomic E-state index is 2.40. The van der Waals surface area contributed by atoms with Gasteiger partial charge in [0, 0.05) is 0 Å². The first-order chi connectivity index (χ1) is 26.8. The Morgan fingerprint density at radius 1 is 0.185 bits per heavy atom. The van der Waals surface area contributed by atoms with E-state index in [-0.39, 0.29) is 0 Å². The van der Waals surface area contributed by atoms with E-state index in [1.54, 1.807) is 0 Å². The molecule has 0 bridgehead atoms. The lowest BCUT2D eigenvalue weighted by atomic mass is 9.84. The van der Waals surface area contributed by atoms with Crippen molar-refractivity contribution in [1.29, 1.82) is 0 Å². The molecule has 10 aromatic carbocycles. The summed E-state index contributed by atoms with van der Waals surface area (Å²) < 4.78 is 0. The fourth-order valence-corrected chi connectivity index (χ4v) is 8.33. The molecule has 0 fully saturated rings. The molecule has 0 heteroatoms. The van der Waals surface area contributed by atoms with Gasteiger partial charge in [-0.15, -0.1) is 0 Å². The van der Waals surface area contributed by atoms with E-state index in [9.17, 15) is 0 Å². The first-order valence-electron chi connectivity index (χ1n) is 18.7. The maximum Gasteiger partial charge on any atom is -0.00261 e. The molecule has 0 aromatic heterocycles. The Balaban J connectivity index is 1.15. The third-order valence-electron chi connectivity index (χ3n) is 10.9. The standard InChI is InChI=1S/C54H36/c1-3-15-37(16-4-1)45-21-9-11-23-47(45)39-27-31-41(32-28-39)53-49-25-13-14-26-50(49)54(52-36-44-20-8-7-19-43(44)35-51(52)53)42-33-29-40(30-34-42)48-24-12-10-22-46(48)38-17-5-2-6-18-38/h1-36H. The number of hydrogen-bond donors (Lipinski definition) is 0. The van der Waals surface area contributed by atoms with E-state index in [2.05, 4.69) is 218 Å². The monoisotopic (exact) mass is 684 g/mol. The van der Waals surface area contributed by atoms with Crippen LogP contribution in [0.2, 0.25) is 0 Å². The molecule has 0 spiro atoms. The van der Waals surface area contributed by atoms with E-state index < -0.39 is 0 Å². The molecule has 10 rings (SSSR count). The number of hydrogen-bond acceptors (Lipinski definition) is 0. The van der Waals surface area contributed by atoms with Gasteiger partial charge in [0.2, 0.25) is 0 Å². The molecule has 0 aliphatic carbocycles. The minimum Gasteiger partial charge on any atom is -0.0622 e. The van der Waals surface area contributed by atoms with Crippen LogP contribution in [-0.2, 0) is 0 Å². The van der Waals surface area contributed by atoms with Crippen molar-refractivity contribution in [2.75, 3.05) is 0 Å². The summed E-state index contributed by atoms with van der Waals surface area (Å²) in [7, 11) is 0. The smallest absolute Gasteiger partial charge is 0.00261 e. The van der Waals surface area contributed by atoms with Crippen molar-refractivity contribution in [2.24, 2.45) is 0 Å². The highest BCUT2D eigenvalue weighted by Gasteiger charge is 2.18. The zero-order chi connectivity index (χ0) is 35.8. The third kappa shape index (κ3) is 5.57. The lowest BCUT2D eigenvalue weighted by Gasteiger charge is -2.19. The topological polar surface area (TPSA) is 0 Å². The van der Waals surface area contributed by atoms with Crippen molar-refractivity contribution >= 4 is 32.3 Å². The molecule has 0 aliphatic rings. The minimum atomic E-state index is 1.21. The Labute approximate surface area is 316 Å². The molecule has 0 saturated carbocycles. The van der Waals surface area contributed by atoms with Crippen molar-refractivity contribution in [1.82, 2.24) is 0 Å². The Hall–Kier alpha value is -7.02. The van der Waals surface area contributed by atoms with Crippen LogP contribution in [0.4, 0.5) is 0 Å². The van der Waals surface area contributed by atoms with E-state index in [0.29, 0.717) is 0 Å². The van der Waals surface area contributed by atoms with Crippen molar-refractivity contribution < 1.29 is 0 Å². The molecular formula is C54H36. The molecule has 0 amide bonds. The largest absolute Gasteiger partial charge is 0.0622 e. The molecule has 0 saturated heterocycles. The molecule has 0 unspecified atom stereocenters. The van der Waals surface area contributed by atoms with Gasteiger partial charge >= 0.3 is 0 Å². The zero-order valence-electron chi connectivity index (χ0n) is 29.8. The lowest BCUT2D eigenvalue weighted by Crippen LogP contribution is -1.92. The zero-order valence-corrected chi connectivity index (χ0v) is 29.8. The van der Waals surface area contributed by atoms with Crippen molar-refractivity contribution in [3.05, 3.63) is 218 Å². The van der Waals surface area contributed by atoms with Crippen LogP contribution in [0, 0.1) is 0 Å². The Kier molecular flexibility index (Phi) is 7.93. The maximum absolute atomic E-state index is 2.40. The Bertz CT molecular complexity index is 2730. The molecule has 0 atom stereocenters. The molecule has 0 heterocycles. The SMILES string of the molecule is c1ccc(-c2ccccc2-c2ccc(-c3c4ccccc4c(-c4ccc(-c5ccccc5-c5ccccc5)cc4)c4cc5ccccc5cc34)cc2)cc1. The van der Waals surface area contributed by atoms with Crippen LogP contribution >= 0.6 is 0 Å². The van der Waals surface area contributed by atoms with Gasteiger partial charge in [0.25, 0.3) is 0 Å². The van der Waals surface area contributed by atoms with Crippen LogP contribution in [0.25, 0.3) is 99.1 Å². The predicted octanol–water partition coefficient (Wildman–Crippen LogP) is 15.1. The Morgan fingerprint density at radius 2 is 0.463 bits per heavy atom. The van der Waals surface area contributed by atoms with Crippen molar-refractivity contribution in [3.8, 4) is 66.8 Å². The van der Waals surface area contributed by atoms with E-state index in [1.165, 1.54) is 99.1 Å². The molecule has 252 valence electrons. The van der Waals surface area contributed by atoms with Crippen LogP contribution in [0.3, 0.4) is 0 Å². The second kappa shape index (κ2) is 13.5. The van der Waals surface area contributed by atoms with Gasteiger partial charge in [-0.2, -0.15) is 0 Å². The summed E-state index contributed by atoms with van der Waals surface area (Å²) in [6, 6.07) is 79.7. The highest BCUT2D eigenvalue weighted by atomic mass is 14.2. The molecule has 0 nitrogen and oxygen atoms in total. The molecule has 10 aromatic rings. The summed E-state index contributed by atoms with van der Waals surface area (Å²) in [5.41, 5.74) is 14.8. The number of fused-ring (bicyclic) bond motifs is 3. The van der Waals surface area contributed by atoms with Gasteiger partial charge in [-0.25, -0.2) is 0 Å². The predicted molar refractivity (Wildman–Crippen MR) is 232 cm³/mol. The molecule has 0 aliphatic heterocycles. The second-order valence-corrected chi connectivity index (χ2v) is 14.0. The quantitative estimate of drug-likeness (QED) is 0.153.